The Morgan fingerprint density at radius 2 is 1.22 bits per heavy atom. The summed E-state index contributed by atoms with van der Waals surface area (Å²) in [6.45, 7) is 27.4. The fourth-order valence-electron chi connectivity index (χ4n) is 3.34. The largest absolute Gasteiger partial charge is 0.380 e. The number of nitrogens with zero attached hydrogens (tertiary/aromatic N) is 2. The van der Waals surface area contributed by atoms with Crippen LogP contribution in [0.25, 0.3) is 0 Å². The third-order valence-corrected chi connectivity index (χ3v) is 5.02. The van der Waals surface area contributed by atoms with Gasteiger partial charge in [-0.3, -0.25) is 0 Å². The summed E-state index contributed by atoms with van der Waals surface area (Å²) in [6, 6.07) is 0. The highest BCUT2D eigenvalue weighted by Gasteiger charge is 2.12. The maximum atomic E-state index is 6.08. The average Bonchev–Trinajstić information content (AvgIpc) is 2.58. The standard InChI is InChI=1S/C24H52N2O/c1-9-10-13-25(14-11-21(2)3)19-24(8)20-27-17-16-26(18-23(6)7)15-12-22(4)5/h21-24H,9-20H2,1-8H3. The van der Waals surface area contributed by atoms with E-state index in [0.717, 1.165) is 37.5 Å². The Balaban J connectivity index is 4.14. The van der Waals surface area contributed by atoms with E-state index < -0.39 is 0 Å². The van der Waals surface area contributed by atoms with E-state index in [1.54, 1.807) is 0 Å². The molecule has 0 saturated carbocycles. The average molecular weight is 385 g/mol. The fourth-order valence-corrected chi connectivity index (χ4v) is 3.34. The minimum absolute atomic E-state index is 0.614. The van der Waals surface area contributed by atoms with Gasteiger partial charge in [-0.2, -0.15) is 0 Å². The lowest BCUT2D eigenvalue weighted by Gasteiger charge is -2.27. The molecule has 0 fully saturated rings. The number of hydrogen-bond donors (Lipinski definition) is 0. The second-order valence-corrected chi connectivity index (χ2v) is 9.89. The molecule has 1 unspecified atom stereocenters. The second kappa shape index (κ2) is 16.8. The van der Waals surface area contributed by atoms with Crippen LogP contribution in [0.2, 0.25) is 0 Å². The first-order valence-corrected chi connectivity index (χ1v) is 11.8. The molecule has 1 atom stereocenters. The molecule has 0 saturated heterocycles. The van der Waals surface area contributed by atoms with Gasteiger partial charge in [-0.15, -0.1) is 0 Å². The monoisotopic (exact) mass is 384 g/mol. The van der Waals surface area contributed by atoms with Gasteiger partial charge in [0.25, 0.3) is 0 Å². The molecule has 0 rings (SSSR count). The summed E-state index contributed by atoms with van der Waals surface area (Å²) in [6.07, 6.45) is 5.18. The maximum Gasteiger partial charge on any atom is 0.0593 e. The minimum Gasteiger partial charge on any atom is -0.380 e. The highest BCUT2D eigenvalue weighted by molar-refractivity contribution is 4.65. The number of ether oxygens (including phenoxy) is 1. The second-order valence-electron chi connectivity index (χ2n) is 9.89. The van der Waals surface area contributed by atoms with Crippen molar-refractivity contribution in [1.29, 1.82) is 0 Å². The van der Waals surface area contributed by atoms with E-state index in [9.17, 15) is 0 Å². The number of rotatable bonds is 18. The lowest BCUT2D eigenvalue weighted by Crippen LogP contribution is -2.34. The van der Waals surface area contributed by atoms with Gasteiger partial charge in [0, 0.05) is 19.6 Å². The van der Waals surface area contributed by atoms with Crippen molar-refractivity contribution >= 4 is 0 Å². The van der Waals surface area contributed by atoms with Crippen molar-refractivity contribution in [1.82, 2.24) is 9.80 Å². The SMILES string of the molecule is CCCCN(CCC(C)C)CC(C)COCCN(CCC(C)C)CC(C)C. The number of hydrogen-bond acceptors (Lipinski definition) is 3. The zero-order chi connectivity index (χ0) is 20.7. The van der Waals surface area contributed by atoms with E-state index in [4.69, 9.17) is 4.74 Å². The molecule has 0 aromatic heterocycles. The van der Waals surface area contributed by atoms with Crippen LogP contribution in [0.4, 0.5) is 0 Å². The van der Waals surface area contributed by atoms with Crippen LogP contribution in [-0.4, -0.2) is 62.3 Å². The van der Waals surface area contributed by atoms with Crippen molar-refractivity contribution in [3.8, 4) is 0 Å². The minimum atomic E-state index is 0.614. The van der Waals surface area contributed by atoms with E-state index in [2.05, 4.69) is 65.2 Å². The van der Waals surface area contributed by atoms with Crippen LogP contribution < -0.4 is 0 Å². The quantitative estimate of drug-likeness (QED) is 0.278. The van der Waals surface area contributed by atoms with Crippen molar-refractivity contribution in [2.24, 2.45) is 23.7 Å². The Morgan fingerprint density at radius 1 is 0.667 bits per heavy atom. The van der Waals surface area contributed by atoms with Crippen molar-refractivity contribution in [2.45, 2.75) is 81.1 Å². The maximum absolute atomic E-state index is 6.08. The van der Waals surface area contributed by atoms with Gasteiger partial charge in [0.2, 0.25) is 0 Å². The summed E-state index contributed by atoms with van der Waals surface area (Å²) in [5.74, 6) is 2.91. The Hall–Kier alpha value is -0.120. The third kappa shape index (κ3) is 17.7. The fraction of sp³-hybridized carbons (Fsp3) is 1.00. The van der Waals surface area contributed by atoms with Crippen molar-refractivity contribution in [2.75, 3.05) is 52.5 Å². The highest BCUT2D eigenvalue weighted by atomic mass is 16.5. The van der Waals surface area contributed by atoms with Gasteiger partial charge in [0.15, 0.2) is 0 Å². The van der Waals surface area contributed by atoms with E-state index in [-0.39, 0.29) is 0 Å². The predicted octanol–water partition coefficient (Wildman–Crippen LogP) is 5.79. The van der Waals surface area contributed by atoms with E-state index in [1.165, 1.54) is 58.4 Å². The summed E-state index contributed by atoms with van der Waals surface area (Å²) in [5, 5.41) is 0. The molecular formula is C24H52N2O. The summed E-state index contributed by atoms with van der Waals surface area (Å²) < 4.78 is 6.08. The first kappa shape index (κ1) is 26.9. The first-order valence-electron chi connectivity index (χ1n) is 11.8. The summed E-state index contributed by atoms with van der Waals surface area (Å²) in [4.78, 5) is 5.25. The van der Waals surface area contributed by atoms with Gasteiger partial charge in [-0.25, -0.2) is 0 Å². The summed E-state index contributed by atoms with van der Waals surface area (Å²) in [5.41, 5.74) is 0. The van der Waals surface area contributed by atoms with E-state index in [0.29, 0.717) is 5.92 Å². The topological polar surface area (TPSA) is 15.7 Å². The van der Waals surface area contributed by atoms with Crippen molar-refractivity contribution in [3.05, 3.63) is 0 Å². The van der Waals surface area contributed by atoms with Gasteiger partial charge in [-0.1, -0.05) is 61.8 Å². The lowest BCUT2D eigenvalue weighted by atomic mass is 10.1. The van der Waals surface area contributed by atoms with Gasteiger partial charge in [0.1, 0.15) is 0 Å². The predicted molar refractivity (Wildman–Crippen MR) is 122 cm³/mol. The molecule has 3 heteroatoms. The van der Waals surface area contributed by atoms with Crippen LogP contribution in [0.1, 0.15) is 81.1 Å². The first-order chi connectivity index (χ1) is 12.7. The normalized spacial score (nSPS) is 13.7. The Morgan fingerprint density at radius 3 is 1.70 bits per heavy atom. The van der Waals surface area contributed by atoms with Crippen LogP contribution in [0.3, 0.4) is 0 Å². The molecule has 3 nitrogen and oxygen atoms in total. The zero-order valence-electron chi connectivity index (χ0n) is 20.1. The van der Waals surface area contributed by atoms with Crippen LogP contribution in [0.15, 0.2) is 0 Å². The van der Waals surface area contributed by atoms with E-state index >= 15 is 0 Å². The van der Waals surface area contributed by atoms with Crippen LogP contribution in [0.5, 0.6) is 0 Å². The molecule has 0 aromatic carbocycles. The Bertz CT molecular complexity index is 318. The highest BCUT2D eigenvalue weighted by Crippen LogP contribution is 2.09. The van der Waals surface area contributed by atoms with Gasteiger partial charge >= 0.3 is 0 Å². The molecule has 0 amide bonds. The van der Waals surface area contributed by atoms with Gasteiger partial charge in [0.05, 0.1) is 13.2 Å². The number of unbranched alkanes of at least 4 members (excludes halogenated alkanes) is 1. The van der Waals surface area contributed by atoms with Crippen molar-refractivity contribution in [3.63, 3.8) is 0 Å². The zero-order valence-corrected chi connectivity index (χ0v) is 20.1. The summed E-state index contributed by atoms with van der Waals surface area (Å²) >= 11 is 0. The molecule has 27 heavy (non-hydrogen) atoms. The smallest absolute Gasteiger partial charge is 0.0593 e. The van der Waals surface area contributed by atoms with Crippen LogP contribution in [0, 0.1) is 23.7 Å². The molecule has 0 aliphatic carbocycles. The molecule has 0 aromatic rings. The van der Waals surface area contributed by atoms with Crippen molar-refractivity contribution < 1.29 is 4.74 Å². The van der Waals surface area contributed by atoms with Crippen LogP contribution >= 0.6 is 0 Å². The van der Waals surface area contributed by atoms with Gasteiger partial charge in [-0.05, 0) is 62.6 Å². The molecule has 0 radical (unpaired) electrons. The summed E-state index contributed by atoms with van der Waals surface area (Å²) in [7, 11) is 0. The molecule has 0 spiro atoms. The van der Waals surface area contributed by atoms with Gasteiger partial charge < -0.3 is 14.5 Å². The molecule has 0 N–H and O–H groups in total. The Kier molecular flexibility index (Phi) is 16.7. The lowest BCUT2D eigenvalue weighted by molar-refractivity contribution is 0.0653. The van der Waals surface area contributed by atoms with Crippen LogP contribution in [-0.2, 0) is 4.74 Å². The molecule has 0 aliphatic heterocycles. The van der Waals surface area contributed by atoms with E-state index in [1.807, 2.05) is 0 Å². The molecule has 0 heterocycles. The molecule has 164 valence electrons. The molecule has 0 aliphatic rings. The Labute approximate surface area is 172 Å². The molecule has 0 bridgehead atoms. The third-order valence-electron chi connectivity index (χ3n) is 5.02. The molecular weight excluding hydrogens is 332 g/mol.